The van der Waals surface area contributed by atoms with Gasteiger partial charge >= 0.3 is 0 Å². The van der Waals surface area contributed by atoms with E-state index in [1.807, 2.05) is 12.3 Å². The molecule has 2 aliphatic rings. The summed E-state index contributed by atoms with van der Waals surface area (Å²) in [5.74, 6) is 0.521. The Morgan fingerprint density at radius 1 is 1.30 bits per heavy atom. The minimum Gasteiger partial charge on any atom is -0.349 e. The highest BCUT2D eigenvalue weighted by molar-refractivity contribution is 6.09. The molecular weight excluding hydrogens is 380 g/mol. The molecule has 0 aromatic carbocycles. The van der Waals surface area contributed by atoms with E-state index in [-0.39, 0.29) is 18.4 Å². The van der Waals surface area contributed by atoms with Gasteiger partial charge in [0.15, 0.2) is 0 Å². The number of anilines is 1. The zero-order chi connectivity index (χ0) is 21.3. The normalized spacial score (nSPS) is 21.8. The maximum absolute atomic E-state index is 13.2. The van der Waals surface area contributed by atoms with E-state index in [2.05, 4.69) is 27.1 Å². The Balaban J connectivity index is 1.63. The Kier molecular flexibility index (Phi) is 5.94. The van der Waals surface area contributed by atoms with E-state index >= 15 is 0 Å². The van der Waals surface area contributed by atoms with Crippen LogP contribution in [-0.2, 0) is 4.79 Å². The van der Waals surface area contributed by atoms with Crippen LogP contribution in [0, 0.1) is 5.92 Å². The van der Waals surface area contributed by atoms with Crippen LogP contribution in [0.15, 0.2) is 18.5 Å². The number of aromatic nitrogens is 2. The second-order valence-electron chi connectivity index (χ2n) is 8.65. The lowest BCUT2D eigenvalue weighted by atomic mass is 9.84. The third-order valence-electron chi connectivity index (χ3n) is 6.45. The number of nitrogens with zero attached hydrogens (tertiary/aromatic N) is 4. The van der Waals surface area contributed by atoms with Crippen LogP contribution in [0.1, 0.15) is 43.0 Å². The first-order chi connectivity index (χ1) is 14.5. The van der Waals surface area contributed by atoms with Gasteiger partial charge in [0.2, 0.25) is 5.91 Å². The number of nitrogens with one attached hydrogen (secondary N) is 2. The fourth-order valence-electron chi connectivity index (χ4n) is 4.68. The smallest absolute Gasteiger partial charge is 0.259 e. The van der Waals surface area contributed by atoms with E-state index in [1.54, 1.807) is 25.2 Å². The number of carbonyl (C=O) groups is 2. The number of fused-ring (bicyclic) bond motifs is 3. The first-order valence-corrected chi connectivity index (χ1v) is 10.9. The average Bonchev–Trinajstić information content (AvgIpc) is 3.23. The Labute approximate surface area is 177 Å². The number of likely N-dealkylation sites (N-methyl/N-ethyl adjacent to an activating group) is 1. The van der Waals surface area contributed by atoms with E-state index in [1.165, 1.54) is 17.7 Å². The van der Waals surface area contributed by atoms with E-state index in [0.29, 0.717) is 24.2 Å². The first-order valence-electron chi connectivity index (χ1n) is 10.9. The van der Waals surface area contributed by atoms with Gasteiger partial charge in [-0.2, -0.15) is 0 Å². The van der Waals surface area contributed by atoms with Crippen LogP contribution in [0.25, 0.3) is 11.0 Å². The summed E-state index contributed by atoms with van der Waals surface area (Å²) in [7, 11) is 3.44. The maximum Gasteiger partial charge on any atom is 0.259 e. The van der Waals surface area contributed by atoms with E-state index in [0.717, 1.165) is 42.7 Å². The predicted molar refractivity (Wildman–Crippen MR) is 117 cm³/mol. The fourth-order valence-corrected chi connectivity index (χ4v) is 4.68. The molecule has 3 heterocycles. The molecule has 0 radical (unpaired) electrons. The third kappa shape index (κ3) is 3.88. The highest BCUT2D eigenvalue weighted by Gasteiger charge is 2.37. The Morgan fingerprint density at radius 2 is 2.07 bits per heavy atom. The van der Waals surface area contributed by atoms with Gasteiger partial charge in [-0.25, -0.2) is 4.98 Å². The molecule has 0 atom stereocenters. The summed E-state index contributed by atoms with van der Waals surface area (Å²) < 4.78 is 0. The van der Waals surface area contributed by atoms with Crippen molar-refractivity contribution >= 4 is 28.5 Å². The van der Waals surface area contributed by atoms with Crippen molar-refractivity contribution in [2.75, 3.05) is 45.3 Å². The van der Waals surface area contributed by atoms with Crippen molar-refractivity contribution < 1.29 is 9.59 Å². The third-order valence-corrected chi connectivity index (χ3v) is 6.45. The Hall–Kier alpha value is -2.61. The lowest BCUT2D eigenvalue weighted by Crippen LogP contribution is -2.54. The summed E-state index contributed by atoms with van der Waals surface area (Å²) in [5, 5.41) is 4.45. The molecule has 1 saturated carbocycles. The first kappa shape index (κ1) is 20.7. The van der Waals surface area contributed by atoms with Gasteiger partial charge in [0.25, 0.3) is 5.91 Å². The van der Waals surface area contributed by atoms with Gasteiger partial charge in [-0.1, -0.05) is 6.92 Å². The number of amides is 2. The van der Waals surface area contributed by atoms with Crippen LogP contribution in [0.2, 0.25) is 0 Å². The Morgan fingerprint density at radius 3 is 2.77 bits per heavy atom. The molecule has 1 aliphatic heterocycles. The van der Waals surface area contributed by atoms with Gasteiger partial charge in [-0.3, -0.25) is 9.59 Å². The van der Waals surface area contributed by atoms with Crippen molar-refractivity contribution in [2.24, 2.45) is 5.92 Å². The number of carbonyl (C=O) groups excluding carboxylic acids is 2. The van der Waals surface area contributed by atoms with Gasteiger partial charge in [-0.15, -0.1) is 0 Å². The molecule has 0 unspecified atom stereocenters. The van der Waals surface area contributed by atoms with Crippen molar-refractivity contribution in [3.8, 4) is 0 Å². The molecule has 1 fully saturated rings. The number of aromatic amines is 1. The fraction of sp³-hybridized carbons (Fsp3) is 0.591. The molecule has 8 nitrogen and oxygen atoms in total. The SMILES string of the molecule is CCNCC1CCC(N2CN(CC(=O)N(C)C)C(=O)c3cnc4[nH]ccc4c32)CC1. The Bertz CT molecular complexity index is 915. The van der Waals surface area contributed by atoms with Gasteiger partial charge < -0.3 is 25.0 Å². The van der Waals surface area contributed by atoms with E-state index in [4.69, 9.17) is 0 Å². The highest BCUT2D eigenvalue weighted by atomic mass is 16.2. The van der Waals surface area contributed by atoms with Crippen molar-refractivity contribution in [1.82, 2.24) is 25.1 Å². The molecule has 0 bridgehead atoms. The van der Waals surface area contributed by atoms with Gasteiger partial charge in [0.1, 0.15) is 12.2 Å². The summed E-state index contributed by atoms with van der Waals surface area (Å²) in [4.78, 5) is 38.7. The summed E-state index contributed by atoms with van der Waals surface area (Å²) in [6.07, 6.45) is 8.06. The van der Waals surface area contributed by atoms with Crippen LogP contribution in [0.3, 0.4) is 0 Å². The highest BCUT2D eigenvalue weighted by Crippen LogP contribution is 2.38. The number of pyridine rings is 1. The summed E-state index contributed by atoms with van der Waals surface area (Å²) in [5.41, 5.74) is 2.36. The number of rotatable bonds is 6. The quantitative estimate of drug-likeness (QED) is 0.759. The molecule has 30 heavy (non-hydrogen) atoms. The molecule has 2 aromatic rings. The minimum absolute atomic E-state index is 0.0724. The molecule has 162 valence electrons. The lowest BCUT2D eigenvalue weighted by molar-refractivity contribution is -0.129. The largest absolute Gasteiger partial charge is 0.349 e. The molecule has 4 rings (SSSR count). The molecular formula is C22H32N6O2. The molecule has 2 aromatic heterocycles. The lowest BCUT2D eigenvalue weighted by Gasteiger charge is -2.44. The van der Waals surface area contributed by atoms with Crippen LogP contribution in [-0.4, -0.2) is 78.0 Å². The van der Waals surface area contributed by atoms with Crippen LogP contribution in [0.4, 0.5) is 5.69 Å². The molecule has 0 spiro atoms. The molecule has 0 saturated heterocycles. The minimum atomic E-state index is -0.118. The molecule has 2 amide bonds. The standard InChI is InChI=1S/C22H32N6O2/c1-4-23-11-15-5-7-16(8-6-15)28-14-27(13-19(29)26(2)3)22(30)18-12-25-21-17(20(18)28)9-10-24-21/h9-10,12,15-16,23H,4-8,11,13-14H2,1-3H3,(H,24,25). The van der Waals surface area contributed by atoms with Gasteiger partial charge in [0.05, 0.1) is 17.9 Å². The zero-order valence-electron chi connectivity index (χ0n) is 18.1. The molecule has 1 aliphatic carbocycles. The predicted octanol–water partition coefficient (Wildman–Crippen LogP) is 2.04. The zero-order valence-corrected chi connectivity index (χ0v) is 18.1. The second-order valence-corrected chi connectivity index (χ2v) is 8.65. The number of H-pyrrole nitrogens is 1. The number of hydrogen-bond donors (Lipinski definition) is 2. The maximum atomic E-state index is 13.2. The monoisotopic (exact) mass is 412 g/mol. The molecule has 8 heteroatoms. The number of hydrogen-bond acceptors (Lipinski definition) is 5. The van der Waals surface area contributed by atoms with Crippen LogP contribution >= 0.6 is 0 Å². The second kappa shape index (κ2) is 8.63. The van der Waals surface area contributed by atoms with Crippen LogP contribution in [0.5, 0.6) is 0 Å². The van der Waals surface area contributed by atoms with E-state index < -0.39 is 0 Å². The van der Waals surface area contributed by atoms with Crippen LogP contribution < -0.4 is 10.2 Å². The summed E-state index contributed by atoms with van der Waals surface area (Å²) in [6, 6.07) is 2.35. The van der Waals surface area contributed by atoms with E-state index in [9.17, 15) is 9.59 Å². The average molecular weight is 413 g/mol. The van der Waals surface area contributed by atoms with Crippen molar-refractivity contribution in [3.05, 3.63) is 24.0 Å². The van der Waals surface area contributed by atoms with Crippen molar-refractivity contribution in [1.29, 1.82) is 0 Å². The molecule has 2 N–H and O–H groups in total. The van der Waals surface area contributed by atoms with Gasteiger partial charge in [-0.05, 0) is 50.8 Å². The van der Waals surface area contributed by atoms with Gasteiger partial charge in [0, 0.05) is 37.9 Å². The van der Waals surface area contributed by atoms with Crippen molar-refractivity contribution in [3.63, 3.8) is 0 Å². The van der Waals surface area contributed by atoms with Crippen molar-refractivity contribution in [2.45, 2.75) is 38.6 Å². The summed E-state index contributed by atoms with van der Waals surface area (Å²) >= 11 is 0. The topological polar surface area (TPSA) is 84.6 Å². The summed E-state index contributed by atoms with van der Waals surface area (Å²) in [6.45, 7) is 4.76.